The second-order valence-corrected chi connectivity index (χ2v) is 7.94. The third kappa shape index (κ3) is 4.97. The summed E-state index contributed by atoms with van der Waals surface area (Å²) in [7, 11) is -2.02. The van der Waals surface area contributed by atoms with Gasteiger partial charge in [-0.2, -0.15) is 0 Å². The lowest BCUT2D eigenvalue weighted by molar-refractivity contribution is 0.0951. The third-order valence-corrected chi connectivity index (χ3v) is 5.53. The number of carbonyl (C=O) groups is 1. The van der Waals surface area contributed by atoms with Gasteiger partial charge >= 0.3 is 0 Å². The van der Waals surface area contributed by atoms with Crippen LogP contribution in [0.3, 0.4) is 0 Å². The van der Waals surface area contributed by atoms with Crippen LogP contribution in [-0.2, 0) is 16.6 Å². The second-order valence-electron chi connectivity index (χ2n) is 6.17. The van der Waals surface area contributed by atoms with Crippen LogP contribution in [0.25, 0.3) is 0 Å². The van der Waals surface area contributed by atoms with Gasteiger partial charge in [-0.1, -0.05) is 54.6 Å². The summed E-state index contributed by atoms with van der Waals surface area (Å²) in [5, 5.41) is 1.58. The van der Waals surface area contributed by atoms with Crippen LogP contribution in [-0.4, -0.2) is 21.4 Å². The summed E-state index contributed by atoms with van der Waals surface area (Å²) in [4.78, 5) is 12.6. The first-order valence-electron chi connectivity index (χ1n) is 8.69. The molecule has 7 heteroatoms. The van der Waals surface area contributed by atoms with Gasteiger partial charge in [0.1, 0.15) is 0 Å². The maximum Gasteiger partial charge on any atom is 0.269 e. The maximum atomic E-state index is 12.6. The molecule has 0 fully saturated rings. The fraction of sp³-hybridized carbons (Fsp3) is 0.0952. The molecular weight excluding hydrogens is 374 g/mol. The van der Waals surface area contributed by atoms with Crippen LogP contribution in [0.15, 0.2) is 89.8 Å². The number of carbonyl (C=O) groups excluding carboxylic acids is 1. The number of hydrazine groups is 1. The summed E-state index contributed by atoms with van der Waals surface area (Å²) >= 11 is 0. The molecule has 28 heavy (non-hydrogen) atoms. The van der Waals surface area contributed by atoms with Crippen molar-refractivity contribution >= 4 is 21.6 Å². The highest BCUT2D eigenvalue weighted by molar-refractivity contribution is 7.89. The fourth-order valence-electron chi connectivity index (χ4n) is 2.60. The summed E-state index contributed by atoms with van der Waals surface area (Å²) in [6, 6.07) is 24.5. The average molecular weight is 395 g/mol. The van der Waals surface area contributed by atoms with Gasteiger partial charge in [-0.15, -0.1) is 0 Å². The standard InChI is InChI=1S/C21H21N3O3S/c1-24(19-12-6-3-7-13-19)23-21(25)18-11-8-14-20(15-18)28(26,27)22-16-17-9-4-2-5-10-17/h2-15,22H,16H2,1H3,(H,23,25). The molecule has 3 aromatic rings. The second kappa shape index (κ2) is 8.69. The number of rotatable bonds is 7. The van der Waals surface area contributed by atoms with Gasteiger partial charge in [0.2, 0.25) is 10.0 Å². The summed E-state index contributed by atoms with van der Waals surface area (Å²) < 4.78 is 27.7. The monoisotopic (exact) mass is 395 g/mol. The number of nitrogens with one attached hydrogen (secondary N) is 2. The third-order valence-electron chi connectivity index (χ3n) is 4.13. The number of hydrogen-bond donors (Lipinski definition) is 2. The molecule has 2 N–H and O–H groups in total. The molecule has 1 amide bonds. The highest BCUT2D eigenvalue weighted by Crippen LogP contribution is 2.14. The number of para-hydroxylation sites is 1. The smallest absolute Gasteiger partial charge is 0.269 e. The lowest BCUT2D eigenvalue weighted by Gasteiger charge is -2.20. The SMILES string of the molecule is CN(NC(=O)c1cccc(S(=O)(=O)NCc2ccccc2)c1)c1ccccc1. The lowest BCUT2D eigenvalue weighted by Crippen LogP contribution is -2.39. The minimum Gasteiger partial charge on any atom is -0.288 e. The zero-order valence-corrected chi connectivity index (χ0v) is 16.2. The highest BCUT2D eigenvalue weighted by Gasteiger charge is 2.17. The van der Waals surface area contributed by atoms with Crippen molar-refractivity contribution in [2.45, 2.75) is 11.4 Å². The Hall–Kier alpha value is -3.16. The van der Waals surface area contributed by atoms with Crippen molar-refractivity contribution < 1.29 is 13.2 Å². The van der Waals surface area contributed by atoms with Crippen molar-refractivity contribution in [1.82, 2.24) is 10.1 Å². The van der Waals surface area contributed by atoms with Gasteiger partial charge in [-0.05, 0) is 35.9 Å². The van der Waals surface area contributed by atoms with Crippen LogP contribution in [0.1, 0.15) is 15.9 Å². The van der Waals surface area contributed by atoms with E-state index in [9.17, 15) is 13.2 Å². The van der Waals surface area contributed by atoms with Gasteiger partial charge < -0.3 is 0 Å². The van der Waals surface area contributed by atoms with Crippen molar-refractivity contribution in [2.24, 2.45) is 0 Å². The van der Waals surface area contributed by atoms with Crippen LogP contribution in [0.5, 0.6) is 0 Å². The first-order valence-corrected chi connectivity index (χ1v) is 10.2. The Labute approximate surface area is 164 Å². The number of amides is 1. The molecule has 0 spiro atoms. The molecule has 0 radical (unpaired) electrons. The molecule has 6 nitrogen and oxygen atoms in total. The van der Waals surface area contributed by atoms with Crippen LogP contribution < -0.4 is 15.2 Å². The minimum absolute atomic E-state index is 0.0402. The van der Waals surface area contributed by atoms with E-state index in [2.05, 4.69) is 10.1 Å². The van der Waals surface area contributed by atoms with Gasteiger partial charge in [0.15, 0.2) is 0 Å². The molecule has 3 aromatic carbocycles. The summed E-state index contributed by atoms with van der Waals surface area (Å²) in [6.07, 6.45) is 0. The lowest BCUT2D eigenvalue weighted by atomic mass is 10.2. The summed E-state index contributed by atoms with van der Waals surface area (Å²) in [5.41, 5.74) is 4.64. The largest absolute Gasteiger partial charge is 0.288 e. The topological polar surface area (TPSA) is 78.5 Å². The van der Waals surface area contributed by atoms with Crippen LogP contribution in [0.2, 0.25) is 0 Å². The van der Waals surface area contributed by atoms with E-state index in [1.807, 2.05) is 60.7 Å². The molecule has 0 atom stereocenters. The highest BCUT2D eigenvalue weighted by atomic mass is 32.2. The Kier molecular flexibility index (Phi) is 6.08. The number of nitrogens with zero attached hydrogens (tertiary/aromatic N) is 1. The predicted octanol–water partition coefficient (Wildman–Crippen LogP) is 2.95. The summed E-state index contributed by atoms with van der Waals surface area (Å²) in [5.74, 6) is -0.397. The maximum absolute atomic E-state index is 12.6. The molecule has 0 unspecified atom stereocenters. The molecule has 3 rings (SSSR count). The number of hydrogen-bond acceptors (Lipinski definition) is 4. The van der Waals surface area contributed by atoms with Gasteiger partial charge in [0.05, 0.1) is 10.6 Å². The van der Waals surface area contributed by atoms with Crippen molar-refractivity contribution in [2.75, 3.05) is 12.1 Å². The molecule has 0 aliphatic carbocycles. The quantitative estimate of drug-likeness (QED) is 0.603. The van der Waals surface area contributed by atoms with E-state index in [-0.39, 0.29) is 17.0 Å². The fourth-order valence-corrected chi connectivity index (χ4v) is 3.66. The first-order chi connectivity index (χ1) is 13.5. The molecular formula is C21H21N3O3S. The van der Waals surface area contributed by atoms with Crippen molar-refractivity contribution in [1.29, 1.82) is 0 Å². The number of benzene rings is 3. The van der Waals surface area contributed by atoms with E-state index in [1.165, 1.54) is 12.1 Å². The van der Waals surface area contributed by atoms with E-state index in [0.717, 1.165) is 11.3 Å². The number of anilines is 1. The van der Waals surface area contributed by atoms with E-state index < -0.39 is 15.9 Å². The molecule has 0 aliphatic heterocycles. The first kappa shape index (κ1) is 19.6. The molecule has 0 heterocycles. The van der Waals surface area contributed by atoms with Crippen LogP contribution >= 0.6 is 0 Å². The zero-order valence-electron chi connectivity index (χ0n) is 15.4. The van der Waals surface area contributed by atoms with Crippen molar-refractivity contribution in [3.8, 4) is 0 Å². The van der Waals surface area contributed by atoms with Gasteiger partial charge in [0, 0.05) is 19.2 Å². The molecule has 0 aliphatic rings. The van der Waals surface area contributed by atoms with Gasteiger partial charge in [0.25, 0.3) is 5.91 Å². The van der Waals surface area contributed by atoms with Crippen molar-refractivity contribution in [3.63, 3.8) is 0 Å². The minimum atomic E-state index is -3.74. The normalized spacial score (nSPS) is 11.0. The Balaban J connectivity index is 1.71. The molecule has 0 aromatic heterocycles. The molecule has 0 bridgehead atoms. The van der Waals surface area contributed by atoms with Crippen LogP contribution in [0, 0.1) is 0 Å². The Morgan fingerprint density at radius 1 is 0.893 bits per heavy atom. The van der Waals surface area contributed by atoms with E-state index in [4.69, 9.17) is 0 Å². The van der Waals surface area contributed by atoms with E-state index >= 15 is 0 Å². The van der Waals surface area contributed by atoms with E-state index in [0.29, 0.717) is 0 Å². The Morgan fingerprint density at radius 3 is 2.21 bits per heavy atom. The average Bonchev–Trinajstić information content (AvgIpc) is 2.74. The Bertz CT molecular complexity index is 1040. The zero-order chi connectivity index (χ0) is 20.0. The predicted molar refractivity (Wildman–Crippen MR) is 109 cm³/mol. The molecule has 0 saturated carbocycles. The summed E-state index contributed by atoms with van der Waals surface area (Å²) in [6.45, 7) is 0.177. The molecule has 144 valence electrons. The van der Waals surface area contributed by atoms with Gasteiger partial charge in [-0.25, -0.2) is 13.1 Å². The van der Waals surface area contributed by atoms with E-state index in [1.54, 1.807) is 24.2 Å². The Morgan fingerprint density at radius 2 is 1.54 bits per heavy atom. The van der Waals surface area contributed by atoms with Crippen LogP contribution in [0.4, 0.5) is 5.69 Å². The van der Waals surface area contributed by atoms with Crippen molar-refractivity contribution in [3.05, 3.63) is 96.1 Å². The van der Waals surface area contributed by atoms with Gasteiger partial charge in [-0.3, -0.25) is 15.2 Å². The number of sulfonamides is 1. The molecule has 0 saturated heterocycles.